The van der Waals surface area contributed by atoms with Crippen LogP contribution in [0.15, 0.2) is 84.9 Å². The van der Waals surface area contributed by atoms with Crippen molar-refractivity contribution in [2.45, 2.75) is 18.8 Å². The van der Waals surface area contributed by atoms with Crippen molar-refractivity contribution < 1.29 is 9.18 Å². The molecule has 2 nitrogen and oxygen atoms in total. The molecule has 0 heterocycles. The number of carbonyl (C=O) groups is 1. The summed E-state index contributed by atoms with van der Waals surface area (Å²) in [7, 11) is 0. The van der Waals surface area contributed by atoms with Crippen molar-refractivity contribution in [3.05, 3.63) is 107 Å². The molecule has 0 unspecified atom stereocenters. The lowest BCUT2D eigenvalue weighted by Gasteiger charge is -2.19. The SMILES string of the molecule is O=C(CCc1cccc(F)c1)NCC(c1ccccc1)c1ccccc1. The average molecular weight is 347 g/mol. The second-order valence-electron chi connectivity index (χ2n) is 6.31. The molecule has 3 rings (SSSR count). The van der Waals surface area contributed by atoms with E-state index in [0.717, 1.165) is 5.56 Å². The topological polar surface area (TPSA) is 29.1 Å². The number of hydrogen-bond donors (Lipinski definition) is 1. The average Bonchev–Trinajstić information content (AvgIpc) is 2.68. The first-order valence-electron chi connectivity index (χ1n) is 8.83. The van der Waals surface area contributed by atoms with Gasteiger partial charge in [0.25, 0.3) is 0 Å². The van der Waals surface area contributed by atoms with E-state index in [1.54, 1.807) is 6.07 Å². The highest BCUT2D eigenvalue weighted by atomic mass is 19.1. The Morgan fingerprint density at radius 1 is 0.846 bits per heavy atom. The number of nitrogens with one attached hydrogen (secondary N) is 1. The van der Waals surface area contributed by atoms with Gasteiger partial charge in [-0.1, -0.05) is 72.8 Å². The molecule has 0 spiro atoms. The van der Waals surface area contributed by atoms with Crippen molar-refractivity contribution in [1.29, 1.82) is 0 Å². The minimum atomic E-state index is -0.267. The summed E-state index contributed by atoms with van der Waals surface area (Å²) in [4.78, 5) is 12.3. The van der Waals surface area contributed by atoms with Crippen molar-refractivity contribution in [1.82, 2.24) is 5.32 Å². The first-order valence-corrected chi connectivity index (χ1v) is 8.83. The van der Waals surface area contributed by atoms with Gasteiger partial charge in [-0.15, -0.1) is 0 Å². The lowest BCUT2D eigenvalue weighted by atomic mass is 9.91. The summed E-state index contributed by atoms with van der Waals surface area (Å²) < 4.78 is 13.2. The zero-order chi connectivity index (χ0) is 18.2. The molecule has 26 heavy (non-hydrogen) atoms. The van der Waals surface area contributed by atoms with Gasteiger partial charge >= 0.3 is 0 Å². The van der Waals surface area contributed by atoms with E-state index in [0.29, 0.717) is 19.4 Å². The van der Waals surface area contributed by atoms with Crippen LogP contribution >= 0.6 is 0 Å². The maximum atomic E-state index is 13.2. The molecule has 3 aromatic carbocycles. The number of aryl methyl sites for hydroxylation is 1. The molecular formula is C23H22FNO. The molecule has 0 aliphatic rings. The highest BCUT2D eigenvalue weighted by molar-refractivity contribution is 5.76. The third kappa shape index (κ3) is 5.03. The maximum absolute atomic E-state index is 13.2. The van der Waals surface area contributed by atoms with Gasteiger partial charge in [0, 0.05) is 18.9 Å². The maximum Gasteiger partial charge on any atom is 0.220 e. The Bertz CT molecular complexity index is 794. The fourth-order valence-electron chi connectivity index (χ4n) is 3.05. The summed E-state index contributed by atoms with van der Waals surface area (Å²) in [5, 5.41) is 3.03. The molecule has 0 fully saturated rings. The van der Waals surface area contributed by atoms with Crippen LogP contribution in [0.3, 0.4) is 0 Å². The molecule has 1 N–H and O–H groups in total. The van der Waals surface area contributed by atoms with E-state index in [1.165, 1.54) is 23.3 Å². The van der Waals surface area contributed by atoms with E-state index in [-0.39, 0.29) is 17.6 Å². The molecule has 132 valence electrons. The summed E-state index contributed by atoms with van der Waals surface area (Å²) in [5.41, 5.74) is 3.18. The number of rotatable bonds is 7. The lowest BCUT2D eigenvalue weighted by Crippen LogP contribution is -2.29. The van der Waals surface area contributed by atoms with Crippen LogP contribution in [0.4, 0.5) is 4.39 Å². The van der Waals surface area contributed by atoms with Crippen LogP contribution in [0.25, 0.3) is 0 Å². The highest BCUT2D eigenvalue weighted by Crippen LogP contribution is 2.23. The monoisotopic (exact) mass is 347 g/mol. The van der Waals surface area contributed by atoms with Crippen molar-refractivity contribution in [3.8, 4) is 0 Å². The van der Waals surface area contributed by atoms with Gasteiger partial charge in [0.15, 0.2) is 0 Å². The van der Waals surface area contributed by atoms with Crippen molar-refractivity contribution in [2.24, 2.45) is 0 Å². The van der Waals surface area contributed by atoms with Gasteiger partial charge in [-0.05, 0) is 35.2 Å². The fraction of sp³-hybridized carbons (Fsp3) is 0.174. The molecule has 3 heteroatoms. The van der Waals surface area contributed by atoms with E-state index in [4.69, 9.17) is 0 Å². The summed E-state index contributed by atoms with van der Waals surface area (Å²) in [5.74, 6) is -0.183. The zero-order valence-electron chi connectivity index (χ0n) is 14.6. The van der Waals surface area contributed by atoms with Gasteiger partial charge in [-0.2, -0.15) is 0 Å². The Morgan fingerprint density at radius 2 is 1.46 bits per heavy atom. The van der Waals surface area contributed by atoms with E-state index >= 15 is 0 Å². The predicted molar refractivity (Wildman–Crippen MR) is 102 cm³/mol. The van der Waals surface area contributed by atoms with Crippen LogP contribution in [0.5, 0.6) is 0 Å². The van der Waals surface area contributed by atoms with Crippen molar-refractivity contribution in [2.75, 3.05) is 6.54 Å². The largest absolute Gasteiger partial charge is 0.355 e. The second-order valence-corrected chi connectivity index (χ2v) is 6.31. The summed E-state index contributed by atoms with van der Waals surface area (Å²) in [6.07, 6.45) is 0.880. The van der Waals surface area contributed by atoms with Gasteiger partial charge < -0.3 is 5.32 Å². The second kappa shape index (κ2) is 8.95. The Hall–Kier alpha value is -2.94. The molecule has 0 saturated carbocycles. The predicted octanol–water partition coefficient (Wildman–Crippen LogP) is 4.71. The highest BCUT2D eigenvalue weighted by Gasteiger charge is 2.15. The normalized spacial score (nSPS) is 10.7. The van der Waals surface area contributed by atoms with E-state index < -0.39 is 0 Å². The number of benzene rings is 3. The number of hydrogen-bond acceptors (Lipinski definition) is 1. The molecule has 0 bridgehead atoms. The molecule has 0 saturated heterocycles. The smallest absolute Gasteiger partial charge is 0.220 e. The van der Waals surface area contributed by atoms with Gasteiger partial charge in [0.05, 0.1) is 0 Å². The van der Waals surface area contributed by atoms with E-state index in [1.807, 2.05) is 42.5 Å². The standard InChI is InChI=1S/C23H22FNO/c24-21-13-7-8-18(16-21)14-15-23(26)25-17-22(19-9-3-1-4-10-19)20-11-5-2-6-12-20/h1-13,16,22H,14-15,17H2,(H,25,26). The molecule has 0 aliphatic carbocycles. The lowest BCUT2D eigenvalue weighted by molar-refractivity contribution is -0.121. The molecule has 3 aromatic rings. The van der Waals surface area contributed by atoms with Crippen molar-refractivity contribution in [3.63, 3.8) is 0 Å². The minimum absolute atomic E-state index is 0.0221. The Labute approximate surface area is 153 Å². The van der Waals surface area contributed by atoms with Gasteiger partial charge in [0.2, 0.25) is 5.91 Å². The molecule has 0 atom stereocenters. The Balaban J connectivity index is 1.61. The van der Waals surface area contributed by atoms with Crippen molar-refractivity contribution >= 4 is 5.91 Å². The van der Waals surface area contributed by atoms with E-state index in [2.05, 4.69) is 29.6 Å². The Morgan fingerprint density at radius 3 is 2.04 bits per heavy atom. The molecular weight excluding hydrogens is 325 g/mol. The minimum Gasteiger partial charge on any atom is -0.355 e. The van der Waals surface area contributed by atoms with Crippen LogP contribution in [0, 0.1) is 5.82 Å². The third-order valence-corrected chi connectivity index (χ3v) is 4.44. The Kier molecular flexibility index (Phi) is 6.15. The number of halogens is 1. The molecule has 0 radical (unpaired) electrons. The molecule has 0 aromatic heterocycles. The van der Waals surface area contributed by atoms with Crippen LogP contribution in [0.2, 0.25) is 0 Å². The molecule has 0 aliphatic heterocycles. The van der Waals surface area contributed by atoms with Crippen LogP contribution in [-0.2, 0) is 11.2 Å². The van der Waals surface area contributed by atoms with Gasteiger partial charge in [-0.25, -0.2) is 4.39 Å². The quantitative estimate of drug-likeness (QED) is 0.659. The summed E-state index contributed by atoms with van der Waals surface area (Å²) in [6, 6.07) is 26.7. The van der Waals surface area contributed by atoms with E-state index in [9.17, 15) is 9.18 Å². The third-order valence-electron chi connectivity index (χ3n) is 4.44. The number of amides is 1. The first kappa shape index (κ1) is 17.9. The summed E-state index contributed by atoms with van der Waals surface area (Å²) >= 11 is 0. The van der Waals surface area contributed by atoms with Crippen LogP contribution in [-0.4, -0.2) is 12.5 Å². The van der Waals surface area contributed by atoms with Gasteiger partial charge in [-0.3, -0.25) is 4.79 Å². The molecule has 1 amide bonds. The zero-order valence-corrected chi connectivity index (χ0v) is 14.6. The first-order chi connectivity index (χ1) is 12.7. The van der Waals surface area contributed by atoms with Crippen LogP contribution in [0.1, 0.15) is 29.0 Å². The fourth-order valence-corrected chi connectivity index (χ4v) is 3.05. The van der Waals surface area contributed by atoms with Gasteiger partial charge in [0.1, 0.15) is 5.82 Å². The summed E-state index contributed by atoms with van der Waals surface area (Å²) in [6.45, 7) is 0.538. The number of carbonyl (C=O) groups excluding carboxylic acids is 1. The van der Waals surface area contributed by atoms with Crippen LogP contribution < -0.4 is 5.32 Å².